The molecule has 112 valence electrons. The highest BCUT2D eigenvalue weighted by Gasteiger charge is 2.26. The summed E-state index contributed by atoms with van der Waals surface area (Å²) >= 11 is 6.11. The maximum absolute atomic E-state index is 6.11. The Bertz CT molecular complexity index is 413. The largest absolute Gasteiger partial charge is 0.314 e. The molecule has 0 saturated heterocycles. The van der Waals surface area contributed by atoms with Crippen molar-refractivity contribution in [1.29, 1.82) is 0 Å². The van der Waals surface area contributed by atoms with Crippen molar-refractivity contribution in [3.8, 4) is 0 Å². The summed E-state index contributed by atoms with van der Waals surface area (Å²) in [4.78, 5) is 2.52. The van der Waals surface area contributed by atoms with Gasteiger partial charge in [-0.25, -0.2) is 0 Å². The second-order valence-electron chi connectivity index (χ2n) is 5.96. The lowest BCUT2D eigenvalue weighted by Crippen LogP contribution is -2.41. The van der Waals surface area contributed by atoms with Gasteiger partial charge in [-0.2, -0.15) is 0 Å². The van der Waals surface area contributed by atoms with Crippen molar-refractivity contribution in [1.82, 2.24) is 10.2 Å². The molecule has 1 aliphatic rings. The van der Waals surface area contributed by atoms with Gasteiger partial charge in [0.1, 0.15) is 0 Å². The lowest BCUT2D eigenvalue weighted by atomic mass is 9.89. The van der Waals surface area contributed by atoms with Gasteiger partial charge in [-0.1, -0.05) is 30.7 Å². The summed E-state index contributed by atoms with van der Waals surface area (Å²) in [5, 5.41) is 4.41. The topological polar surface area (TPSA) is 15.3 Å². The van der Waals surface area contributed by atoms with E-state index in [0.29, 0.717) is 12.1 Å². The molecule has 1 fully saturated rings. The van der Waals surface area contributed by atoms with Gasteiger partial charge in [-0.05, 0) is 63.9 Å². The fourth-order valence-electron chi connectivity index (χ4n) is 3.29. The smallest absolute Gasteiger partial charge is 0.0409 e. The number of benzene rings is 1. The van der Waals surface area contributed by atoms with Crippen LogP contribution in [-0.4, -0.2) is 30.6 Å². The predicted molar refractivity (Wildman–Crippen MR) is 87.4 cm³/mol. The van der Waals surface area contributed by atoms with Crippen molar-refractivity contribution < 1.29 is 0 Å². The number of hydrogen-bond acceptors (Lipinski definition) is 2. The standard InChI is InChI=1S/C17H27ClN2/c1-4-19-16-8-10-17(11-9-16)20(3)13(2)14-6-5-7-15(18)12-14/h5-7,12-13,16-17,19H,4,8-11H2,1-3H3. The molecule has 20 heavy (non-hydrogen) atoms. The number of nitrogens with zero attached hydrogens (tertiary/aromatic N) is 1. The molecule has 1 aromatic rings. The van der Waals surface area contributed by atoms with Crippen LogP contribution in [0.1, 0.15) is 51.1 Å². The molecule has 2 nitrogen and oxygen atoms in total. The highest BCUT2D eigenvalue weighted by Crippen LogP contribution is 2.29. The van der Waals surface area contributed by atoms with E-state index in [1.165, 1.54) is 31.2 Å². The van der Waals surface area contributed by atoms with Gasteiger partial charge in [-0.3, -0.25) is 4.90 Å². The Balaban J connectivity index is 1.93. The second kappa shape index (κ2) is 7.44. The van der Waals surface area contributed by atoms with Crippen LogP contribution in [0.3, 0.4) is 0 Å². The van der Waals surface area contributed by atoms with Crippen LogP contribution in [0.15, 0.2) is 24.3 Å². The molecule has 1 N–H and O–H groups in total. The first kappa shape index (κ1) is 15.8. The maximum atomic E-state index is 6.11. The van der Waals surface area contributed by atoms with Crippen LogP contribution in [0.2, 0.25) is 5.02 Å². The molecular weight excluding hydrogens is 268 g/mol. The number of nitrogens with one attached hydrogen (secondary N) is 1. The number of hydrogen-bond donors (Lipinski definition) is 1. The Morgan fingerprint density at radius 1 is 1.30 bits per heavy atom. The third-order valence-corrected chi connectivity index (χ3v) is 4.94. The average Bonchev–Trinajstić information content (AvgIpc) is 2.47. The molecule has 1 aromatic carbocycles. The highest BCUT2D eigenvalue weighted by molar-refractivity contribution is 6.30. The van der Waals surface area contributed by atoms with Crippen molar-refractivity contribution in [2.24, 2.45) is 0 Å². The van der Waals surface area contributed by atoms with Crippen molar-refractivity contribution in [3.63, 3.8) is 0 Å². The van der Waals surface area contributed by atoms with Crippen LogP contribution in [0.5, 0.6) is 0 Å². The van der Waals surface area contributed by atoms with Gasteiger partial charge in [0.25, 0.3) is 0 Å². The quantitative estimate of drug-likeness (QED) is 0.873. The van der Waals surface area contributed by atoms with Gasteiger partial charge in [0.2, 0.25) is 0 Å². The van der Waals surface area contributed by atoms with Gasteiger partial charge in [-0.15, -0.1) is 0 Å². The van der Waals surface area contributed by atoms with E-state index < -0.39 is 0 Å². The van der Waals surface area contributed by atoms with Crippen LogP contribution in [0, 0.1) is 0 Å². The lowest BCUT2D eigenvalue weighted by molar-refractivity contribution is 0.135. The Kier molecular flexibility index (Phi) is 5.88. The molecule has 0 amide bonds. The van der Waals surface area contributed by atoms with E-state index in [0.717, 1.165) is 17.6 Å². The molecule has 0 spiro atoms. The summed E-state index contributed by atoms with van der Waals surface area (Å²) in [6.07, 6.45) is 5.17. The van der Waals surface area contributed by atoms with Gasteiger partial charge in [0.15, 0.2) is 0 Å². The normalized spacial score (nSPS) is 24.9. The lowest BCUT2D eigenvalue weighted by Gasteiger charge is -2.38. The molecule has 0 aliphatic heterocycles. The summed E-state index contributed by atoms with van der Waals surface area (Å²) in [6, 6.07) is 10.1. The summed E-state index contributed by atoms with van der Waals surface area (Å²) in [7, 11) is 2.25. The van der Waals surface area contributed by atoms with E-state index in [2.05, 4.69) is 43.2 Å². The SMILES string of the molecule is CCNC1CCC(N(C)C(C)c2cccc(Cl)c2)CC1. The highest BCUT2D eigenvalue weighted by atomic mass is 35.5. The minimum absolute atomic E-state index is 0.425. The minimum Gasteiger partial charge on any atom is -0.314 e. The Morgan fingerprint density at radius 2 is 2.00 bits per heavy atom. The zero-order chi connectivity index (χ0) is 14.5. The Labute approximate surface area is 128 Å². The van der Waals surface area contributed by atoms with Gasteiger partial charge in [0, 0.05) is 23.1 Å². The first-order valence-electron chi connectivity index (χ1n) is 7.82. The van der Waals surface area contributed by atoms with E-state index in [4.69, 9.17) is 11.6 Å². The van der Waals surface area contributed by atoms with E-state index >= 15 is 0 Å². The molecule has 0 radical (unpaired) electrons. The molecular formula is C17H27ClN2. The summed E-state index contributed by atoms with van der Waals surface area (Å²) in [5.41, 5.74) is 1.31. The fraction of sp³-hybridized carbons (Fsp3) is 0.647. The maximum Gasteiger partial charge on any atom is 0.0409 e. The molecule has 1 unspecified atom stereocenters. The van der Waals surface area contributed by atoms with Gasteiger partial charge in [0.05, 0.1) is 0 Å². The summed E-state index contributed by atoms with van der Waals surface area (Å²) in [5.74, 6) is 0. The average molecular weight is 295 g/mol. The van der Waals surface area contributed by atoms with E-state index in [1.807, 2.05) is 12.1 Å². The summed E-state index contributed by atoms with van der Waals surface area (Å²) in [6.45, 7) is 5.56. The predicted octanol–water partition coefficient (Wildman–Crippen LogP) is 4.25. The van der Waals surface area contributed by atoms with Crippen LogP contribution in [-0.2, 0) is 0 Å². The fourth-order valence-corrected chi connectivity index (χ4v) is 3.49. The summed E-state index contributed by atoms with van der Waals surface area (Å²) < 4.78 is 0. The Morgan fingerprint density at radius 3 is 2.60 bits per heavy atom. The first-order valence-corrected chi connectivity index (χ1v) is 8.20. The van der Waals surface area contributed by atoms with Gasteiger partial charge < -0.3 is 5.32 Å². The molecule has 3 heteroatoms. The van der Waals surface area contributed by atoms with Gasteiger partial charge >= 0.3 is 0 Å². The van der Waals surface area contributed by atoms with Crippen LogP contribution < -0.4 is 5.32 Å². The van der Waals surface area contributed by atoms with Crippen molar-refractivity contribution >= 4 is 11.6 Å². The van der Waals surface area contributed by atoms with Crippen LogP contribution in [0.25, 0.3) is 0 Å². The Hall–Kier alpha value is -0.570. The van der Waals surface area contributed by atoms with Crippen molar-refractivity contribution in [3.05, 3.63) is 34.9 Å². The third-order valence-electron chi connectivity index (χ3n) is 4.71. The third kappa shape index (κ3) is 3.97. The number of halogens is 1. The molecule has 1 atom stereocenters. The zero-order valence-corrected chi connectivity index (χ0v) is 13.7. The van der Waals surface area contributed by atoms with Crippen LogP contribution >= 0.6 is 11.6 Å². The van der Waals surface area contributed by atoms with E-state index in [1.54, 1.807) is 0 Å². The monoisotopic (exact) mass is 294 g/mol. The molecule has 0 heterocycles. The molecule has 2 rings (SSSR count). The molecule has 0 bridgehead atoms. The molecule has 0 aromatic heterocycles. The molecule has 1 saturated carbocycles. The van der Waals surface area contributed by atoms with Crippen molar-refractivity contribution in [2.75, 3.05) is 13.6 Å². The van der Waals surface area contributed by atoms with E-state index in [9.17, 15) is 0 Å². The second-order valence-corrected chi connectivity index (χ2v) is 6.40. The number of rotatable bonds is 5. The van der Waals surface area contributed by atoms with E-state index in [-0.39, 0.29) is 0 Å². The van der Waals surface area contributed by atoms with Crippen LogP contribution in [0.4, 0.5) is 0 Å². The molecule has 1 aliphatic carbocycles. The zero-order valence-electron chi connectivity index (χ0n) is 12.9. The minimum atomic E-state index is 0.425. The van der Waals surface area contributed by atoms with Crippen molar-refractivity contribution in [2.45, 2.75) is 57.7 Å². The first-order chi connectivity index (χ1) is 9.61.